The van der Waals surface area contributed by atoms with Crippen LogP contribution in [0, 0.1) is 0 Å². The summed E-state index contributed by atoms with van der Waals surface area (Å²) < 4.78 is 0. The van der Waals surface area contributed by atoms with Gasteiger partial charge in [-0.3, -0.25) is 0 Å². The van der Waals surface area contributed by atoms with Gasteiger partial charge in [0.2, 0.25) is 0 Å². The summed E-state index contributed by atoms with van der Waals surface area (Å²) in [7, 11) is 0. The molecule has 0 amide bonds. The van der Waals surface area contributed by atoms with Crippen LogP contribution in [0.4, 0.5) is 34.1 Å². The zero-order valence-electron chi connectivity index (χ0n) is 35.1. The van der Waals surface area contributed by atoms with E-state index in [4.69, 9.17) is 0 Å². The molecule has 0 bridgehead atoms. The summed E-state index contributed by atoms with van der Waals surface area (Å²) in [6.45, 7) is 0. The van der Waals surface area contributed by atoms with E-state index < -0.39 is 0 Å². The number of hydrogen-bond acceptors (Lipinski definition) is 2. The monoisotopic (exact) mass is 780 g/mol. The molecule has 7 aromatic carbocycles. The van der Waals surface area contributed by atoms with Crippen LogP contribution >= 0.6 is 0 Å². The fraction of sp³-hybridized carbons (Fsp3) is 0.276. The van der Waals surface area contributed by atoms with Crippen LogP contribution in [-0.4, -0.2) is 0 Å². The maximum absolute atomic E-state index is 2.59. The molecule has 298 valence electrons. The van der Waals surface area contributed by atoms with Gasteiger partial charge in [0, 0.05) is 34.1 Å². The van der Waals surface area contributed by atoms with Crippen molar-refractivity contribution < 1.29 is 0 Å². The van der Waals surface area contributed by atoms with Crippen LogP contribution in [0.15, 0.2) is 146 Å². The standard InChI is InChI=1S/C58H56N2/c1-3-19-47(20-4-1)59(48-21-5-2-6-22-48)51-35-37-52(38-36-51)60(49-31-27-41(28-32-49)57-53-23-11-7-15-43(53)39-44-16-8-12-24-54(44)57)50-33-29-42(30-34-50)58-55-25-13-9-17-45(55)40-46-18-10-14-26-56(46)58/h1-6,19-22,27-40H,7-18,23-26H2. The minimum Gasteiger partial charge on any atom is -0.311 e. The van der Waals surface area contributed by atoms with Crippen molar-refractivity contribution in [2.45, 2.75) is 103 Å². The van der Waals surface area contributed by atoms with Crippen molar-refractivity contribution in [2.24, 2.45) is 0 Å². The minimum absolute atomic E-state index is 1.14. The Labute approximate surface area is 357 Å². The molecule has 0 heterocycles. The van der Waals surface area contributed by atoms with Gasteiger partial charge < -0.3 is 9.80 Å². The highest BCUT2D eigenvalue weighted by Gasteiger charge is 2.26. The molecule has 0 spiro atoms. The number of aryl methyl sites for hydroxylation is 4. The third-order valence-electron chi connectivity index (χ3n) is 14.2. The Balaban J connectivity index is 1.01. The molecule has 4 aliphatic rings. The Hall–Kier alpha value is -5.86. The van der Waals surface area contributed by atoms with Gasteiger partial charge >= 0.3 is 0 Å². The maximum atomic E-state index is 2.59. The van der Waals surface area contributed by atoms with Gasteiger partial charge in [0.15, 0.2) is 0 Å². The number of rotatable bonds is 8. The highest BCUT2D eigenvalue weighted by molar-refractivity contribution is 5.84. The molecular weight excluding hydrogens is 725 g/mol. The number of para-hydroxylation sites is 2. The third kappa shape index (κ3) is 6.94. The van der Waals surface area contributed by atoms with E-state index in [1.807, 2.05) is 0 Å². The second-order valence-corrected chi connectivity index (χ2v) is 17.8. The van der Waals surface area contributed by atoms with Crippen molar-refractivity contribution in [1.82, 2.24) is 0 Å². The molecular formula is C58H56N2. The van der Waals surface area contributed by atoms with Gasteiger partial charge in [-0.15, -0.1) is 0 Å². The highest BCUT2D eigenvalue weighted by atomic mass is 15.2. The Kier molecular flexibility index (Phi) is 10.1. The summed E-state index contributed by atoms with van der Waals surface area (Å²) in [4.78, 5) is 4.82. The smallest absolute Gasteiger partial charge is 0.0463 e. The van der Waals surface area contributed by atoms with Crippen LogP contribution in [0.2, 0.25) is 0 Å². The van der Waals surface area contributed by atoms with Crippen molar-refractivity contribution in [3.63, 3.8) is 0 Å². The summed E-state index contributed by atoms with van der Waals surface area (Å²) in [6, 6.07) is 55.1. The lowest BCUT2D eigenvalue weighted by Gasteiger charge is -2.30. The molecule has 7 aromatic rings. The minimum atomic E-state index is 1.14. The van der Waals surface area contributed by atoms with Gasteiger partial charge in [-0.05, 0) is 242 Å². The van der Waals surface area contributed by atoms with Crippen molar-refractivity contribution in [3.8, 4) is 22.3 Å². The van der Waals surface area contributed by atoms with Crippen LogP contribution in [0.25, 0.3) is 22.3 Å². The molecule has 11 rings (SSSR count). The van der Waals surface area contributed by atoms with E-state index in [-0.39, 0.29) is 0 Å². The number of nitrogens with zero attached hydrogens (tertiary/aromatic N) is 2. The number of fused-ring (bicyclic) bond motifs is 4. The van der Waals surface area contributed by atoms with Gasteiger partial charge in [0.25, 0.3) is 0 Å². The quantitative estimate of drug-likeness (QED) is 0.152. The van der Waals surface area contributed by atoms with Crippen molar-refractivity contribution in [2.75, 3.05) is 9.80 Å². The first kappa shape index (κ1) is 37.2. The Morgan fingerprint density at radius 2 is 0.500 bits per heavy atom. The molecule has 2 nitrogen and oxygen atoms in total. The molecule has 0 N–H and O–H groups in total. The molecule has 2 heteroatoms. The molecule has 0 atom stereocenters. The SMILES string of the molecule is c1ccc(N(c2ccccc2)c2ccc(N(c3ccc(-c4c5c(cc6c4CCCC6)CCCC5)cc3)c3ccc(-c4c5c(cc6c4CCCC6)CCCC5)cc3)cc2)cc1. The van der Waals surface area contributed by atoms with Gasteiger partial charge in [0.05, 0.1) is 0 Å². The van der Waals surface area contributed by atoms with Crippen LogP contribution in [0.5, 0.6) is 0 Å². The van der Waals surface area contributed by atoms with Gasteiger partial charge in [-0.25, -0.2) is 0 Å². The molecule has 0 radical (unpaired) electrons. The molecule has 0 aliphatic heterocycles. The van der Waals surface area contributed by atoms with E-state index >= 15 is 0 Å². The molecule has 0 unspecified atom stereocenters. The van der Waals surface area contributed by atoms with Gasteiger partial charge in [-0.2, -0.15) is 0 Å². The average Bonchev–Trinajstić information content (AvgIpc) is 3.32. The molecule has 0 saturated carbocycles. The number of benzene rings is 7. The molecule has 0 saturated heterocycles. The lowest BCUT2D eigenvalue weighted by atomic mass is 9.77. The zero-order valence-corrected chi connectivity index (χ0v) is 35.1. The fourth-order valence-electron chi connectivity index (χ4n) is 11.3. The Morgan fingerprint density at radius 3 is 0.800 bits per heavy atom. The van der Waals surface area contributed by atoms with Crippen LogP contribution < -0.4 is 9.80 Å². The van der Waals surface area contributed by atoms with Gasteiger partial charge in [0.1, 0.15) is 0 Å². The molecule has 60 heavy (non-hydrogen) atoms. The first-order chi connectivity index (χ1) is 29.8. The summed E-state index contributed by atoms with van der Waals surface area (Å²) in [6.07, 6.45) is 20.2. The summed E-state index contributed by atoms with van der Waals surface area (Å²) in [5.74, 6) is 0. The normalized spacial score (nSPS) is 15.6. The lowest BCUT2D eigenvalue weighted by Crippen LogP contribution is -2.14. The Morgan fingerprint density at radius 1 is 0.250 bits per heavy atom. The molecule has 0 aromatic heterocycles. The van der Waals surface area contributed by atoms with E-state index in [9.17, 15) is 0 Å². The molecule has 4 aliphatic carbocycles. The summed E-state index contributed by atoms with van der Waals surface area (Å²) in [5.41, 5.74) is 25.8. The van der Waals surface area contributed by atoms with E-state index in [1.165, 1.54) is 125 Å². The fourth-order valence-corrected chi connectivity index (χ4v) is 11.3. The van der Waals surface area contributed by atoms with Crippen molar-refractivity contribution >= 4 is 34.1 Å². The first-order valence-corrected chi connectivity index (χ1v) is 23.1. The largest absolute Gasteiger partial charge is 0.311 e. The average molecular weight is 781 g/mol. The third-order valence-corrected chi connectivity index (χ3v) is 14.2. The van der Waals surface area contributed by atoms with Crippen molar-refractivity contribution in [3.05, 3.63) is 190 Å². The Bertz CT molecular complexity index is 2390. The summed E-state index contributed by atoms with van der Waals surface area (Å²) in [5, 5.41) is 0. The van der Waals surface area contributed by atoms with E-state index in [1.54, 1.807) is 55.6 Å². The lowest BCUT2D eigenvalue weighted by molar-refractivity contribution is 0.660. The van der Waals surface area contributed by atoms with Crippen LogP contribution in [0.1, 0.15) is 95.9 Å². The molecule has 0 fully saturated rings. The van der Waals surface area contributed by atoms with E-state index in [0.29, 0.717) is 0 Å². The first-order valence-electron chi connectivity index (χ1n) is 23.1. The van der Waals surface area contributed by atoms with E-state index in [2.05, 4.69) is 155 Å². The number of hydrogen-bond donors (Lipinski definition) is 0. The predicted octanol–water partition coefficient (Wildman–Crippen LogP) is 15.5. The predicted molar refractivity (Wildman–Crippen MR) is 253 cm³/mol. The van der Waals surface area contributed by atoms with Crippen LogP contribution in [0.3, 0.4) is 0 Å². The second-order valence-electron chi connectivity index (χ2n) is 17.8. The van der Waals surface area contributed by atoms with Crippen molar-refractivity contribution in [1.29, 1.82) is 0 Å². The topological polar surface area (TPSA) is 6.48 Å². The second kappa shape index (κ2) is 16.3. The number of anilines is 6. The zero-order chi connectivity index (χ0) is 39.8. The van der Waals surface area contributed by atoms with Crippen LogP contribution in [-0.2, 0) is 51.4 Å². The van der Waals surface area contributed by atoms with Gasteiger partial charge in [-0.1, -0.05) is 72.8 Å². The van der Waals surface area contributed by atoms with E-state index in [0.717, 1.165) is 22.7 Å². The highest BCUT2D eigenvalue weighted by Crippen LogP contribution is 2.45. The maximum Gasteiger partial charge on any atom is 0.0463 e. The summed E-state index contributed by atoms with van der Waals surface area (Å²) >= 11 is 0.